The van der Waals surface area contributed by atoms with E-state index in [-0.39, 0.29) is 18.6 Å². The van der Waals surface area contributed by atoms with Crippen LogP contribution in [0, 0.1) is 18.8 Å². The Kier molecular flexibility index (Phi) is 4.84. The summed E-state index contributed by atoms with van der Waals surface area (Å²) in [5, 5.41) is 3.86. The van der Waals surface area contributed by atoms with E-state index in [0.717, 1.165) is 29.9 Å². The highest BCUT2D eigenvalue weighted by Gasteiger charge is 2.37. The van der Waals surface area contributed by atoms with E-state index < -0.39 is 0 Å². The summed E-state index contributed by atoms with van der Waals surface area (Å²) in [5.41, 5.74) is 1.40. The highest BCUT2D eigenvalue weighted by Crippen LogP contribution is 2.35. The lowest BCUT2D eigenvalue weighted by Gasteiger charge is -2.36. The Morgan fingerprint density at radius 1 is 1.13 bits per heavy atom. The maximum Gasteiger partial charge on any atom is 0.276 e. The highest BCUT2D eigenvalue weighted by atomic mass is 16.7. The summed E-state index contributed by atoms with van der Waals surface area (Å²) in [6, 6.07) is 7.51. The monoisotopic (exact) mass is 411 g/mol. The predicted octanol–water partition coefficient (Wildman–Crippen LogP) is 2.61. The van der Waals surface area contributed by atoms with Crippen molar-refractivity contribution < 1.29 is 23.6 Å². The van der Waals surface area contributed by atoms with E-state index in [1.54, 1.807) is 13.0 Å². The number of carbonyl (C=O) groups excluding carboxylic acids is 2. The molecule has 158 valence electrons. The molecule has 8 heteroatoms. The van der Waals surface area contributed by atoms with Crippen LogP contribution in [0.15, 0.2) is 28.8 Å². The van der Waals surface area contributed by atoms with Gasteiger partial charge in [-0.15, -0.1) is 0 Å². The van der Waals surface area contributed by atoms with Crippen LogP contribution in [0.25, 0.3) is 0 Å². The summed E-state index contributed by atoms with van der Waals surface area (Å²) in [5.74, 6) is 2.86. The predicted molar refractivity (Wildman–Crippen MR) is 106 cm³/mol. The second-order valence-electron chi connectivity index (χ2n) is 8.38. The Labute approximate surface area is 174 Å². The molecule has 1 aromatic heterocycles. The van der Waals surface area contributed by atoms with E-state index in [2.05, 4.69) is 5.16 Å². The number of fused-ring (bicyclic) bond motifs is 2. The van der Waals surface area contributed by atoms with Gasteiger partial charge < -0.3 is 23.8 Å². The van der Waals surface area contributed by atoms with Crippen LogP contribution in [-0.4, -0.2) is 53.2 Å². The Morgan fingerprint density at radius 2 is 1.97 bits per heavy atom. The summed E-state index contributed by atoms with van der Waals surface area (Å²) >= 11 is 0. The number of aryl methyl sites for hydroxylation is 1. The lowest BCUT2D eigenvalue weighted by atomic mass is 9.82. The van der Waals surface area contributed by atoms with Crippen molar-refractivity contribution in [2.45, 2.75) is 32.7 Å². The summed E-state index contributed by atoms with van der Waals surface area (Å²) in [7, 11) is 0. The normalized spacial score (nSPS) is 23.3. The quantitative estimate of drug-likeness (QED) is 0.772. The Morgan fingerprint density at radius 3 is 2.80 bits per heavy atom. The Bertz CT molecular complexity index is 971. The smallest absolute Gasteiger partial charge is 0.276 e. The topological polar surface area (TPSA) is 85.1 Å². The number of hydrogen-bond donors (Lipinski definition) is 0. The van der Waals surface area contributed by atoms with Crippen LogP contribution in [0.2, 0.25) is 0 Å². The van der Waals surface area contributed by atoms with Crippen LogP contribution in [0.3, 0.4) is 0 Å². The van der Waals surface area contributed by atoms with Gasteiger partial charge in [0.1, 0.15) is 5.76 Å². The number of piperidine rings is 1. The summed E-state index contributed by atoms with van der Waals surface area (Å²) in [6.45, 7) is 4.60. The fraction of sp³-hybridized carbons (Fsp3) is 0.500. The van der Waals surface area contributed by atoms with Crippen molar-refractivity contribution in [1.82, 2.24) is 15.0 Å². The fourth-order valence-corrected chi connectivity index (χ4v) is 4.72. The first-order valence-electron chi connectivity index (χ1n) is 10.5. The van der Waals surface area contributed by atoms with Gasteiger partial charge in [-0.3, -0.25) is 9.59 Å². The molecule has 0 N–H and O–H groups in total. The molecule has 30 heavy (non-hydrogen) atoms. The molecular formula is C22H25N3O5. The molecule has 2 unspecified atom stereocenters. The van der Waals surface area contributed by atoms with Gasteiger partial charge in [-0.25, -0.2) is 0 Å². The van der Waals surface area contributed by atoms with Crippen molar-refractivity contribution >= 4 is 11.8 Å². The van der Waals surface area contributed by atoms with E-state index in [4.69, 9.17) is 14.0 Å². The number of aromatic nitrogens is 1. The number of hydrogen-bond acceptors (Lipinski definition) is 6. The van der Waals surface area contributed by atoms with Gasteiger partial charge in [-0.1, -0.05) is 11.2 Å². The molecule has 5 rings (SSSR count). The first kappa shape index (κ1) is 19.0. The van der Waals surface area contributed by atoms with Crippen LogP contribution in [0.1, 0.15) is 41.1 Å². The molecule has 2 amide bonds. The molecule has 1 aromatic carbocycles. The van der Waals surface area contributed by atoms with Crippen molar-refractivity contribution in [2.75, 3.05) is 26.4 Å². The average molecular weight is 411 g/mol. The average Bonchev–Trinajstić information content (AvgIpc) is 3.36. The van der Waals surface area contributed by atoms with Crippen molar-refractivity contribution in [3.05, 3.63) is 41.3 Å². The molecule has 2 fully saturated rings. The molecule has 3 aliphatic rings. The second kappa shape index (κ2) is 7.66. The summed E-state index contributed by atoms with van der Waals surface area (Å²) in [4.78, 5) is 29.4. The van der Waals surface area contributed by atoms with Crippen LogP contribution in [0.4, 0.5) is 0 Å². The minimum absolute atomic E-state index is 0.0851. The molecular weight excluding hydrogens is 386 g/mol. The number of likely N-dealkylation sites (tertiary alicyclic amines) is 2. The molecule has 2 aromatic rings. The number of rotatable bonds is 3. The van der Waals surface area contributed by atoms with Crippen LogP contribution >= 0.6 is 0 Å². The first-order valence-corrected chi connectivity index (χ1v) is 10.5. The van der Waals surface area contributed by atoms with Crippen LogP contribution < -0.4 is 9.47 Å². The van der Waals surface area contributed by atoms with E-state index in [1.165, 1.54) is 0 Å². The number of amides is 2. The molecule has 0 saturated carbocycles. The number of carbonyl (C=O) groups is 2. The van der Waals surface area contributed by atoms with Crippen molar-refractivity contribution in [3.63, 3.8) is 0 Å². The second-order valence-corrected chi connectivity index (χ2v) is 8.38. The van der Waals surface area contributed by atoms with Gasteiger partial charge in [0, 0.05) is 38.7 Å². The van der Waals surface area contributed by atoms with Gasteiger partial charge in [-0.2, -0.15) is 0 Å². The van der Waals surface area contributed by atoms with Gasteiger partial charge in [0.05, 0.1) is 0 Å². The van der Waals surface area contributed by atoms with Crippen LogP contribution in [0.5, 0.6) is 11.5 Å². The summed E-state index contributed by atoms with van der Waals surface area (Å²) in [6.07, 6.45) is 2.28. The largest absolute Gasteiger partial charge is 0.454 e. The zero-order chi connectivity index (χ0) is 20.7. The zero-order valence-corrected chi connectivity index (χ0v) is 17.0. The third-order valence-corrected chi connectivity index (χ3v) is 6.40. The fourth-order valence-electron chi connectivity index (χ4n) is 4.72. The van der Waals surface area contributed by atoms with Gasteiger partial charge in [-0.05, 0) is 49.3 Å². The maximum atomic E-state index is 12.9. The third kappa shape index (κ3) is 3.62. The summed E-state index contributed by atoms with van der Waals surface area (Å²) < 4.78 is 15.9. The van der Waals surface area contributed by atoms with Gasteiger partial charge in [0.2, 0.25) is 12.7 Å². The standard InChI is InChI=1S/C22H25N3O5/c1-14-8-18(23-30-14)22(27)25-7-4-16-10-21(26)24(6-5-17(16)12-25)11-15-2-3-19-20(9-15)29-13-28-19/h2-3,8-9,16-17H,4-7,10-13H2,1H3. The molecule has 2 atom stereocenters. The minimum Gasteiger partial charge on any atom is -0.454 e. The Hall–Kier alpha value is -3.03. The highest BCUT2D eigenvalue weighted by molar-refractivity contribution is 5.92. The van der Waals surface area contributed by atoms with Crippen molar-refractivity contribution in [2.24, 2.45) is 11.8 Å². The van der Waals surface area contributed by atoms with E-state index >= 15 is 0 Å². The molecule has 0 bridgehead atoms. The van der Waals surface area contributed by atoms with Crippen molar-refractivity contribution in [3.8, 4) is 11.5 Å². The molecule has 2 saturated heterocycles. The van der Waals surface area contributed by atoms with Crippen molar-refractivity contribution in [1.29, 1.82) is 0 Å². The molecule has 0 spiro atoms. The van der Waals surface area contributed by atoms with Gasteiger partial charge in [0.25, 0.3) is 5.91 Å². The number of ether oxygens (including phenoxy) is 2. The molecule has 8 nitrogen and oxygen atoms in total. The Balaban J connectivity index is 1.24. The van der Waals surface area contributed by atoms with E-state index in [1.807, 2.05) is 28.0 Å². The van der Waals surface area contributed by atoms with Crippen LogP contribution in [-0.2, 0) is 11.3 Å². The maximum absolute atomic E-state index is 12.9. The number of nitrogens with zero attached hydrogens (tertiary/aromatic N) is 3. The molecule has 0 radical (unpaired) electrons. The van der Waals surface area contributed by atoms with Gasteiger partial charge >= 0.3 is 0 Å². The lowest BCUT2D eigenvalue weighted by molar-refractivity contribution is -0.132. The SMILES string of the molecule is Cc1cc(C(=O)N2CCC3CC(=O)N(Cc4ccc5c(c4)OCO5)CCC3C2)no1. The van der Waals surface area contributed by atoms with Gasteiger partial charge in [0.15, 0.2) is 17.2 Å². The third-order valence-electron chi connectivity index (χ3n) is 6.40. The number of benzene rings is 1. The molecule has 4 heterocycles. The van der Waals surface area contributed by atoms with E-state index in [9.17, 15) is 9.59 Å². The van der Waals surface area contributed by atoms with E-state index in [0.29, 0.717) is 55.9 Å². The zero-order valence-electron chi connectivity index (χ0n) is 17.0. The lowest BCUT2D eigenvalue weighted by Crippen LogP contribution is -2.44. The molecule has 3 aliphatic heterocycles. The first-order chi connectivity index (χ1) is 14.6. The molecule has 0 aliphatic carbocycles. The minimum atomic E-state index is -0.0851.